The third kappa shape index (κ3) is 4.99. The summed E-state index contributed by atoms with van der Waals surface area (Å²) < 4.78 is 9.93. The second-order valence-electron chi connectivity index (χ2n) is 5.88. The molecule has 0 radical (unpaired) electrons. The number of carbonyl (C=O) groups is 3. The molecule has 0 aromatic heterocycles. The molecule has 0 saturated carbocycles. The summed E-state index contributed by atoms with van der Waals surface area (Å²) in [6.45, 7) is 0.552. The van der Waals surface area contributed by atoms with E-state index in [2.05, 4.69) is 16.0 Å². The highest BCUT2D eigenvalue weighted by molar-refractivity contribution is 5.90. The number of ether oxygens (including phenoxy) is 2. The molecule has 1 saturated heterocycles. The van der Waals surface area contributed by atoms with Crippen LogP contribution in [0.3, 0.4) is 0 Å². The standard InChI is InChI=1S/C19H22N2O5/c1-3-8-15(18(23)25-2)20-17(22)16-11-7-12-21(16)19(24)26-13-14-9-5-4-6-10-14/h1,4-6,9-10,15-16H,7-8,11-13H2,2H3,(H,20,22)/t15-,16-/m1/s1. The Morgan fingerprint density at radius 2 is 2.08 bits per heavy atom. The van der Waals surface area contributed by atoms with Crippen molar-refractivity contribution in [3.8, 4) is 12.3 Å². The van der Waals surface area contributed by atoms with Crippen molar-refractivity contribution in [2.45, 2.75) is 38.0 Å². The molecule has 1 heterocycles. The first-order valence-electron chi connectivity index (χ1n) is 8.35. The van der Waals surface area contributed by atoms with Gasteiger partial charge in [0, 0.05) is 13.0 Å². The maximum absolute atomic E-state index is 12.5. The normalized spacial score (nSPS) is 17.1. The largest absolute Gasteiger partial charge is 0.467 e. The van der Waals surface area contributed by atoms with Crippen molar-refractivity contribution in [2.24, 2.45) is 0 Å². The number of methoxy groups -OCH3 is 1. The zero-order chi connectivity index (χ0) is 18.9. The van der Waals surface area contributed by atoms with Crippen LogP contribution < -0.4 is 5.32 Å². The molecule has 1 aliphatic heterocycles. The predicted molar refractivity (Wildman–Crippen MR) is 93.8 cm³/mol. The van der Waals surface area contributed by atoms with Gasteiger partial charge < -0.3 is 14.8 Å². The molecule has 7 heteroatoms. The van der Waals surface area contributed by atoms with E-state index in [-0.39, 0.29) is 13.0 Å². The van der Waals surface area contributed by atoms with Crippen LogP contribution >= 0.6 is 0 Å². The number of nitrogens with zero attached hydrogens (tertiary/aromatic N) is 1. The second-order valence-corrected chi connectivity index (χ2v) is 5.88. The molecule has 0 bridgehead atoms. The van der Waals surface area contributed by atoms with Crippen LogP contribution in [-0.4, -0.2) is 48.6 Å². The average molecular weight is 358 g/mol. The molecule has 0 spiro atoms. The fourth-order valence-corrected chi connectivity index (χ4v) is 2.78. The average Bonchev–Trinajstić information content (AvgIpc) is 3.16. The number of carbonyl (C=O) groups excluding carboxylic acids is 3. The van der Waals surface area contributed by atoms with E-state index >= 15 is 0 Å². The van der Waals surface area contributed by atoms with Gasteiger partial charge in [-0.1, -0.05) is 30.3 Å². The Labute approximate surface area is 152 Å². The molecule has 1 aromatic rings. The first-order valence-corrected chi connectivity index (χ1v) is 8.35. The maximum Gasteiger partial charge on any atom is 0.410 e. The fraction of sp³-hybridized carbons (Fsp3) is 0.421. The quantitative estimate of drug-likeness (QED) is 0.615. The van der Waals surface area contributed by atoms with Crippen molar-refractivity contribution in [3.63, 3.8) is 0 Å². The molecule has 2 amide bonds. The van der Waals surface area contributed by atoms with Crippen LogP contribution in [0, 0.1) is 12.3 Å². The molecule has 1 aliphatic rings. The topological polar surface area (TPSA) is 84.9 Å². The van der Waals surface area contributed by atoms with Crippen LogP contribution in [0.2, 0.25) is 0 Å². The number of esters is 1. The van der Waals surface area contributed by atoms with Gasteiger partial charge in [-0.3, -0.25) is 9.69 Å². The Hall–Kier alpha value is -3.01. The number of rotatable bonds is 6. The van der Waals surface area contributed by atoms with Crippen LogP contribution in [0.1, 0.15) is 24.8 Å². The van der Waals surface area contributed by atoms with Gasteiger partial charge in [-0.15, -0.1) is 12.3 Å². The number of nitrogens with one attached hydrogen (secondary N) is 1. The van der Waals surface area contributed by atoms with E-state index < -0.39 is 30.1 Å². The van der Waals surface area contributed by atoms with Crippen molar-refractivity contribution >= 4 is 18.0 Å². The Morgan fingerprint density at radius 1 is 1.35 bits per heavy atom. The molecular formula is C19H22N2O5. The lowest BCUT2D eigenvalue weighted by molar-refractivity contribution is -0.145. The highest BCUT2D eigenvalue weighted by atomic mass is 16.6. The zero-order valence-corrected chi connectivity index (χ0v) is 14.6. The van der Waals surface area contributed by atoms with Gasteiger partial charge in [-0.25, -0.2) is 9.59 Å². The molecule has 2 rings (SSSR count). The van der Waals surface area contributed by atoms with Gasteiger partial charge in [0.25, 0.3) is 0 Å². The number of hydrogen-bond donors (Lipinski definition) is 1. The molecule has 0 unspecified atom stereocenters. The molecule has 26 heavy (non-hydrogen) atoms. The Kier molecular flexibility index (Phi) is 7.03. The highest BCUT2D eigenvalue weighted by Gasteiger charge is 2.36. The summed E-state index contributed by atoms with van der Waals surface area (Å²) >= 11 is 0. The third-order valence-electron chi connectivity index (χ3n) is 4.12. The van der Waals surface area contributed by atoms with Gasteiger partial charge in [0.05, 0.1) is 7.11 Å². The monoisotopic (exact) mass is 358 g/mol. The Balaban J connectivity index is 1.95. The fourth-order valence-electron chi connectivity index (χ4n) is 2.78. The van der Waals surface area contributed by atoms with Gasteiger partial charge in [0.15, 0.2) is 0 Å². The number of likely N-dealkylation sites (tertiary alicyclic amines) is 1. The van der Waals surface area contributed by atoms with Crippen LogP contribution in [0.5, 0.6) is 0 Å². The number of benzene rings is 1. The van der Waals surface area contributed by atoms with E-state index in [1.54, 1.807) is 0 Å². The summed E-state index contributed by atoms with van der Waals surface area (Å²) in [5.74, 6) is 1.27. The molecular weight excluding hydrogens is 336 g/mol. The van der Waals surface area contributed by atoms with E-state index in [4.69, 9.17) is 11.2 Å². The van der Waals surface area contributed by atoms with Gasteiger partial charge in [0.2, 0.25) is 5.91 Å². The minimum atomic E-state index is -0.930. The molecule has 138 valence electrons. The van der Waals surface area contributed by atoms with Gasteiger partial charge in [-0.2, -0.15) is 0 Å². The van der Waals surface area contributed by atoms with Crippen LogP contribution in [-0.2, 0) is 25.7 Å². The SMILES string of the molecule is C#CC[C@@H](NC(=O)[C@H]1CCCN1C(=O)OCc1ccccc1)C(=O)OC. The van der Waals surface area contributed by atoms with Crippen LogP contribution in [0.15, 0.2) is 30.3 Å². The van der Waals surface area contributed by atoms with Gasteiger partial charge >= 0.3 is 12.1 Å². The first kappa shape index (κ1) is 19.3. The van der Waals surface area contributed by atoms with Gasteiger partial charge in [0.1, 0.15) is 18.7 Å². The predicted octanol–water partition coefficient (Wildman–Crippen LogP) is 1.47. The summed E-state index contributed by atoms with van der Waals surface area (Å²) in [6.07, 6.45) is 5.86. The molecule has 1 aromatic carbocycles. The lowest BCUT2D eigenvalue weighted by Crippen LogP contribution is -2.51. The van der Waals surface area contributed by atoms with Crippen molar-refractivity contribution < 1.29 is 23.9 Å². The van der Waals surface area contributed by atoms with Gasteiger partial charge in [-0.05, 0) is 18.4 Å². The first-order chi connectivity index (χ1) is 12.6. The van der Waals surface area contributed by atoms with Crippen molar-refractivity contribution in [1.82, 2.24) is 10.2 Å². The minimum absolute atomic E-state index is 0.0174. The zero-order valence-electron chi connectivity index (χ0n) is 14.6. The highest BCUT2D eigenvalue weighted by Crippen LogP contribution is 2.19. The summed E-state index contributed by atoms with van der Waals surface area (Å²) in [6, 6.07) is 7.66. The lowest BCUT2D eigenvalue weighted by atomic mass is 10.1. The summed E-state index contributed by atoms with van der Waals surface area (Å²) in [5.41, 5.74) is 0.862. The van der Waals surface area contributed by atoms with Crippen molar-refractivity contribution in [3.05, 3.63) is 35.9 Å². The van der Waals surface area contributed by atoms with Crippen LogP contribution in [0.4, 0.5) is 4.79 Å². The van der Waals surface area contributed by atoms with E-state index in [0.717, 1.165) is 5.56 Å². The van der Waals surface area contributed by atoms with E-state index in [0.29, 0.717) is 19.4 Å². The number of terminal acetylenes is 1. The van der Waals surface area contributed by atoms with E-state index in [1.165, 1.54) is 12.0 Å². The minimum Gasteiger partial charge on any atom is -0.467 e. The third-order valence-corrected chi connectivity index (χ3v) is 4.12. The lowest BCUT2D eigenvalue weighted by Gasteiger charge is -2.25. The Bertz CT molecular complexity index is 683. The number of hydrogen-bond acceptors (Lipinski definition) is 5. The van der Waals surface area contributed by atoms with Crippen LogP contribution in [0.25, 0.3) is 0 Å². The van der Waals surface area contributed by atoms with Crippen molar-refractivity contribution in [1.29, 1.82) is 0 Å². The summed E-state index contributed by atoms with van der Waals surface area (Å²) in [4.78, 5) is 37.9. The molecule has 2 atom stereocenters. The maximum atomic E-state index is 12.5. The summed E-state index contributed by atoms with van der Waals surface area (Å²) in [5, 5.41) is 2.56. The Morgan fingerprint density at radius 3 is 2.73 bits per heavy atom. The van der Waals surface area contributed by atoms with E-state index in [9.17, 15) is 14.4 Å². The molecule has 0 aliphatic carbocycles. The summed E-state index contributed by atoms with van der Waals surface area (Å²) in [7, 11) is 1.22. The molecule has 1 fully saturated rings. The number of amides is 2. The molecule has 1 N–H and O–H groups in total. The van der Waals surface area contributed by atoms with E-state index in [1.807, 2.05) is 30.3 Å². The smallest absolute Gasteiger partial charge is 0.410 e. The molecule has 7 nitrogen and oxygen atoms in total. The second kappa shape index (κ2) is 9.47. The van der Waals surface area contributed by atoms with Crippen molar-refractivity contribution in [2.75, 3.05) is 13.7 Å².